The Kier molecular flexibility index (Phi) is 10.5. The van der Waals surface area contributed by atoms with Gasteiger partial charge in [0.25, 0.3) is 0 Å². The van der Waals surface area contributed by atoms with Crippen molar-refractivity contribution in [1.29, 1.82) is 0 Å². The number of ether oxygens (including phenoxy) is 2. The molecule has 1 aliphatic heterocycles. The van der Waals surface area contributed by atoms with E-state index in [0.717, 1.165) is 62.4 Å². The number of aliphatic imine (C=N–C) groups is 1. The summed E-state index contributed by atoms with van der Waals surface area (Å²) in [6, 6.07) is 5.91. The lowest BCUT2D eigenvalue weighted by molar-refractivity contribution is -0.128. The first-order valence-electron chi connectivity index (χ1n) is 10.8. The number of halogens is 1. The summed E-state index contributed by atoms with van der Waals surface area (Å²) in [5.41, 5.74) is 0.985. The maximum atomic E-state index is 12.3. The van der Waals surface area contributed by atoms with E-state index in [1.54, 1.807) is 7.11 Å². The number of rotatable bonds is 8. The Hall–Kier alpha value is -1.71. The van der Waals surface area contributed by atoms with Crippen LogP contribution in [0.4, 0.5) is 0 Å². The highest BCUT2D eigenvalue weighted by Gasteiger charge is 2.21. The lowest BCUT2D eigenvalue weighted by Crippen LogP contribution is -2.44. The van der Waals surface area contributed by atoms with Crippen molar-refractivity contribution in [3.63, 3.8) is 0 Å². The summed E-state index contributed by atoms with van der Waals surface area (Å²) >= 11 is 0. The number of benzene rings is 1. The van der Waals surface area contributed by atoms with Gasteiger partial charge in [0.1, 0.15) is 0 Å². The summed E-state index contributed by atoms with van der Waals surface area (Å²) in [7, 11) is 1.67. The molecular weight excluding hydrogens is 495 g/mol. The van der Waals surface area contributed by atoms with Gasteiger partial charge < -0.3 is 25.0 Å². The molecule has 1 aromatic carbocycles. The molecule has 1 heterocycles. The predicted molar refractivity (Wildman–Crippen MR) is 130 cm³/mol. The number of methoxy groups -OCH3 is 1. The predicted octanol–water partition coefficient (Wildman–Crippen LogP) is 3.31. The molecule has 1 amide bonds. The van der Waals surface area contributed by atoms with Gasteiger partial charge in [-0.15, -0.1) is 24.0 Å². The second-order valence-electron chi connectivity index (χ2n) is 7.61. The van der Waals surface area contributed by atoms with Gasteiger partial charge in [-0.2, -0.15) is 0 Å². The maximum Gasteiger partial charge on any atom is 0.241 e. The number of para-hydroxylation sites is 1. The number of likely N-dealkylation sites (tertiary alicyclic amines) is 1. The van der Waals surface area contributed by atoms with E-state index in [1.165, 1.54) is 12.8 Å². The van der Waals surface area contributed by atoms with E-state index in [0.29, 0.717) is 12.5 Å². The molecule has 30 heavy (non-hydrogen) atoms. The Morgan fingerprint density at radius 3 is 2.57 bits per heavy atom. The molecule has 1 aromatic rings. The monoisotopic (exact) mass is 530 g/mol. The van der Waals surface area contributed by atoms with Crippen molar-refractivity contribution in [2.75, 3.05) is 33.3 Å². The van der Waals surface area contributed by atoms with E-state index in [9.17, 15) is 4.79 Å². The molecule has 2 fully saturated rings. The zero-order valence-electron chi connectivity index (χ0n) is 18.1. The summed E-state index contributed by atoms with van der Waals surface area (Å²) < 4.78 is 11.8. The van der Waals surface area contributed by atoms with Crippen LogP contribution in [0.15, 0.2) is 23.2 Å². The summed E-state index contributed by atoms with van der Waals surface area (Å²) in [5.74, 6) is 2.29. The Labute approximate surface area is 197 Å². The smallest absolute Gasteiger partial charge is 0.241 e. The number of carbonyl (C=O) groups is 1. The van der Waals surface area contributed by atoms with Crippen molar-refractivity contribution in [3.8, 4) is 11.5 Å². The molecule has 0 spiro atoms. The number of nitrogens with zero attached hydrogens (tertiary/aromatic N) is 2. The van der Waals surface area contributed by atoms with Crippen LogP contribution in [0.3, 0.4) is 0 Å². The van der Waals surface area contributed by atoms with Gasteiger partial charge in [0.2, 0.25) is 5.91 Å². The second-order valence-corrected chi connectivity index (χ2v) is 7.61. The first-order chi connectivity index (χ1) is 14.2. The number of nitrogens with one attached hydrogen (secondary N) is 2. The fourth-order valence-corrected chi connectivity index (χ4v) is 3.90. The van der Waals surface area contributed by atoms with E-state index in [1.807, 2.05) is 30.0 Å². The Bertz CT molecular complexity index is 702. The summed E-state index contributed by atoms with van der Waals surface area (Å²) in [5, 5.41) is 6.38. The fourth-order valence-electron chi connectivity index (χ4n) is 3.90. The normalized spacial score (nSPS) is 16.9. The molecule has 168 valence electrons. The van der Waals surface area contributed by atoms with Crippen LogP contribution in [0.5, 0.6) is 11.5 Å². The van der Waals surface area contributed by atoms with Crippen molar-refractivity contribution in [2.45, 2.75) is 58.1 Å². The van der Waals surface area contributed by atoms with Crippen LogP contribution in [0.25, 0.3) is 0 Å². The van der Waals surface area contributed by atoms with Crippen LogP contribution in [-0.4, -0.2) is 56.2 Å². The average Bonchev–Trinajstić information content (AvgIpc) is 3.44. The van der Waals surface area contributed by atoms with E-state index in [4.69, 9.17) is 9.47 Å². The molecule has 2 N–H and O–H groups in total. The number of hydrogen-bond acceptors (Lipinski definition) is 4. The highest BCUT2D eigenvalue weighted by Crippen LogP contribution is 2.35. The largest absolute Gasteiger partial charge is 0.493 e. The van der Waals surface area contributed by atoms with Crippen molar-refractivity contribution in [1.82, 2.24) is 15.5 Å². The van der Waals surface area contributed by atoms with Gasteiger partial charge in [0.15, 0.2) is 17.5 Å². The van der Waals surface area contributed by atoms with Crippen LogP contribution in [0.2, 0.25) is 0 Å². The third-order valence-electron chi connectivity index (χ3n) is 5.48. The molecule has 0 bridgehead atoms. The molecule has 1 saturated carbocycles. The van der Waals surface area contributed by atoms with E-state index in [-0.39, 0.29) is 42.5 Å². The van der Waals surface area contributed by atoms with E-state index in [2.05, 4.69) is 15.6 Å². The zero-order chi connectivity index (χ0) is 20.5. The minimum absolute atomic E-state index is 0. The third-order valence-corrected chi connectivity index (χ3v) is 5.48. The number of guanidine groups is 1. The molecule has 3 rings (SSSR count). The SMILES string of the molecule is CCNC(=NCc1cccc(OC)c1OC1CCCC1)NCC(=O)N1CCCC1.I. The highest BCUT2D eigenvalue weighted by atomic mass is 127. The minimum Gasteiger partial charge on any atom is -0.493 e. The second kappa shape index (κ2) is 12.9. The molecule has 1 saturated heterocycles. The molecule has 0 atom stereocenters. The third kappa shape index (κ3) is 6.92. The van der Waals surface area contributed by atoms with Crippen LogP contribution in [0.1, 0.15) is 51.0 Å². The molecule has 2 aliphatic rings. The lowest BCUT2D eigenvalue weighted by Gasteiger charge is -2.19. The quantitative estimate of drug-likeness (QED) is 0.307. The van der Waals surface area contributed by atoms with Crippen LogP contribution in [0, 0.1) is 0 Å². The molecule has 0 aromatic heterocycles. The van der Waals surface area contributed by atoms with Gasteiger partial charge in [-0.05, 0) is 51.5 Å². The van der Waals surface area contributed by atoms with Crippen LogP contribution in [-0.2, 0) is 11.3 Å². The average molecular weight is 530 g/mol. The summed E-state index contributed by atoms with van der Waals surface area (Å²) in [6.07, 6.45) is 7.05. The first-order valence-corrected chi connectivity index (χ1v) is 10.8. The van der Waals surface area contributed by atoms with Crippen LogP contribution < -0.4 is 20.1 Å². The molecule has 0 unspecified atom stereocenters. The maximum absolute atomic E-state index is 12.3. The highest BCUT2D eigenvalue weighted by molar-refractivity contribution is 14.0. The Balaban J connectivity index is 0.00000320. The lowest BCUT2D eigenvalue weighted by atomic mass is 10.1. The van der Waals surface area contributed by atoms with Gasteiger partial charge in [0.05, 0.1) is 26.3 Å². The molecular formula is C22H35IN4O3. The molecule has 1 aliphatic carbocycles. The zero-order valence-corrected chi connectivity index (χ0v) is 20.4. The number of hydrogen-bond donors (Lipinski definition) is 2. The van der Waals surface area contributed by atoms with Crippen molar-refractivity contribution < 1.29 is 14.3 Å². The van der Waals surface area contributed by atoms with Gasteiger partial charge in [0, 0.05) is 25.2 Å². The van der Waals surface area contributed by atoms with Crippen molar-refractivity contribution >= 4 is 35.8 Å². The van der Waals surface area contributed by atoms with Gasteiger partial charge in [-0.3, -0.25) is 4.79 Å². The van der Waals surface area contributed by atoms with Crippen LogP contribution >= 0.6 is 24.0 Å². The van der Waals surface area contributed by atoms with Gasteiger partial charge in [-0.25, -0.2) is 4.99 Å². The Morgan fingerprint density at radius 1 is 1.17 bits per heavy atom. The van der Waals surface area contributed by atoms with Crippen molar-refractivity contribution in [2.24, 2.45) is 4.99 Å². The molecule has 0 radical (unpaired) electrons. The number of carbonyl (C=O) groups excluding carboxylic acids is 1. The fraction of sp³-hybridized carbons (Fsp3) is 0.636. The van der Waals surface area contributed by atoms with Gasteiger partial charge >= 0.3 is 0 Å². The van der Waals surface area contributed by atoms with Crippen molar-refractivity contribution in [3.05, 3.63) is 23.8 Å². The summed E-state index contributed by atoms with van der Waals surface area (Å²) in [6.45, 7) is 5.18. The van der Waals surface area contributed by atoms with E-state index >= 15 is 0 Å². The standard InChI is InChI=1S/C22H34N4O3.HI/c1-3-23-22(25-16-20(27)26-13-6-7-14-26)24-15-17-9-8-12-19(28-2)21(17)29-18-10-4-5-11-18;/h8-9,12,18H,3-7,10-11,13-16H2,1-2H3,(H2,23,24,25);1H. The summed E-state index contributed by atoms with van der Waals surface area (Å²) in [4.78, 5) is 18.9. The first kappa shape index (κ1) is 24.6. The minimum atomic E-state index is 0. The Morgan fingerprint density at radius 2 is 1.90 bits per heavy atom. The topological polar surface area (TPSA) is 75.2 Å². The molecule has 8 heteroatoms. The van der Waals surface area contributed by atoms with Gasteiger partial charge in [-0.1, -0.05) is 12.1 Å². The van der Waals surface area contributed by atoms with E-state index < -0.39 is 0 Å². The number of amides is 1. The molecule has 7 nitrogen and oxygen atoms in total.